The van der Waals surface area contributed by atoms with Gasteiger partial charge in [0.25, 0.3) is 0 Å². The lowest BCUT2D eigenvalue weighted by Crippen LogP contribution is -2.31. The minimum absolute atomic E-state index is 0.0448. The van der Waals surface area contributed by atoms with E-state index in [1.807, 2.05) is 13.8 Å². The summed E-state index contributed by atoms with van der Waals surface area (Å²) in [5.74, 6) is -0.551. The maximum absolute atomic E-state index is 15.5. The standard InChI is InChI=1S/C28H26F2N2O3/c1-28(2)13-22-25(24(34)14-28)26(31-21-4-3-5-23(33)27(21)32-22)19-11-10-18(12-20(19)30)35-15-16-6-8-17(29)9-7-16/h3-12,26,31-33H,13-15H2,1-2H3. The molecular weight excluding hydrogens is 450 g/mol. The maximum Gasteiger partial charge on any atom is 0.163 e. The highest BCUT2D eigenvalue weighted by atomic mass is 19.1. The van der Waals surface area contributed by atoms with Crippen LogP contribution in [0.3, 0.4) is 0 Å². The quantitative estimate of drug-likeness (QED) is 0.377. The number of ketones is 1. The van der Waals surface area contributed by atoms with E-state index in [0.29, 0.717) is 46.8 Å². The molecule has 5 nitrogen and oxygen atoms in total. The molecule has 1 aliphatic carbocycles. The average molecular weight is 477 g/mol. The molecule has 3 N–H and O–H groups in total. The Bertz CT molecular complexity index is 1330. The first-order valence-electron chi connectivity index (χ1n) is 11.5. The van der Waals surface area contributed by atoms with Crippen molar-refractivity contribution in [3.8, 4) is 11.5 Å². The first kappa shape index (κ1) is 22.9. The van der Waals surface area contributed by atoms with E-state index < -0.39 is 11.9 Å². The number of allylic oxidation sites excluding steroid dienone is 1. The molecule has 0 bridgehead atoms. The van der Waals surface area contributed by atoms with E-state index in [2.05, 4.69) is 10.6 Å². The molecule has 3 aromatic rings. The number of fused-ring (bicyclic) bond motifs is 1. The van der Waals surface area contributed by atoms with Crippen molar-refractivity contribution in [2.24, 2.45) is 5.41 Å². The van der Waals surface area contributed by atoms with Crippen LogP contribution < -0.4 is 15.4 Å². The Kier molecular flexibility index (Phi) is 5.71. The molecule has 35 heavy (non-hydrogen) atoms. The lowest BCUT2D eigenvalue weighted by Gasteiger charge is -2.34. The van der Waals surface area contributed by atoms with E-state index in [9.17, 15) is 14.3 Å². The molecule has 180 valence electrons. The summed E-state index contributed by atoms with van der Waals surface area (Å²) in [6.07, 6.45) is 0.926. The second-order valence-electron chi connectivity index (χ2n) is 9.83. The SMILES string of the molecule is CC1(C)CC(=O)C2=C(C1)Nc1c(O)cccc1NC2c1ccc(OCc2ccc(F)cc2)cc1F. The molecule has 0 saturated carbocycles. The van der Waals surface area contributed by atoms with Gasteiger partial charge in [-0.3, -0.25) is 4.79 Å². The number of aromatic hydroxyl groups is 1. The van der Waals surface area contributed by atoms with Crippen LogP contribution in [0.25, 0.3) is 0 Å². The average Bonchev–Trinajstić information content (AvgIpc) is 2.95. The number of carbonyl (C=O) groups is 1. The molecule has 1 aliphatic heterocycles. The number of hydrogen-bond acceptors (Lipinski definition) is 5. The Labute approximate surface area is 202 Å². The molecule has 0 amide bonds. The number of Topliss-reactive ketones (excluding diaryl/α,β-unsaturated/α-hetero) is 1. The first-order chi connectivity index (χ1) is 16.7. The third-order valence-electron chi connectivity index (χ3n) is 6.43. The van der Waals surface area contributed by atoms with Crippen LogP contribution in [0.2, 0.25) is 0 Å². The maximum atomic E-state index is 15.5. The van der Waals surface area contributed by atoms with Crippen LogP contribution in [-0.4, -0.2) is 10.9 Å². The second-order valence-corrected chi connectivity index (χ2v) is 9.83. The number of carbonyl (C=O) groups excluding carboxylic acids is 1. The van der Waals surface area contributed by atoms with Crippen molar-refractivity contribution in [2.45, 2.75) is 39.3 Å². The number of halogens is 2. The van der Waals surface area contributed by atoms with Crippen molar-refractivity contribution in [1.82, 2.24) is 0 Å². The minimum Gasteiger partial charge on any atom is -0.506 e. The van der Waals surface area contributed by atoms with Gasteiger partial charge in [0.05, 0.1) is 11.7 Å². The summed E-state index contributed by atoms with van der Waals surface area (Å²) >= 11 is 0. The molecule has 2 aliphatic rings. The largest absolute Gasteiger partial charge is 0.506 e. The number of nitrogens with one attached hydrogen (secondary N) is 2. The van der Waals surface area contributed by atoms with Gasteiger partial charge in [-0.05, 0) is 53.8 Å². The van der Waals surface area contributed by atoms with Gasteiger partial charge >= 0.3 is 0 Å². The molecular formula is C28H26F2N2O3. The summed E-state index contributed by atoms with van der Waals surface area (Å²) in [5, 5.41) is 17.0. The van der Waals surface area contributed by atoms with Gasteiger partial charge < -0.3 is 20.5 Å². The van der Waals surface area contributed by atoms with Crippen LogP contribution >= 0.6 is 0 Å². The number of ether oxygens (including phenoxy) is 1. The van der Waals surface area contributed by atoms with Crippen LogP contribution in [0.4, 0.5) is 20.2 Å². The number of phenols is 1. The smallest absolute Gasteiger partial charge is 0.163 e. The topological polar surface area (TPSA) is 70.6 Å². The van der Waals surface area contributed by atoms with Crippen molar-refractivity contribution in [1.29, 1.82) is 0 Å². The lowest BCUT2D eigenvalue weighted by atomic mass is 9.73. The number of rotatable bonds is 4. The van der Waals surface area contributed by atoms with E-state index in [-0.39, 0.29) is 29.4 Å². The van der Waals surface area contributed by atoms with Crippen molar-refractivity contribution in [3.05, 3.63) is 94.7 Å². The summed E-state index contributed by atoms with van der Waals surface area (Å²) in [5.41, 5.74) is 2.99. The highest BCUT2D eigenvalue weighted by Crippen LogP contribution is 2.47. The zero-order chi connectivity index (χ0) is 24.7. The Hall–Kier alpha value is -3.87. The predicted octanol–water partition coefficient (Wildman–Crippen LogP) is 6.47. The normalized spacial score (nSPS) is 18.6. The van der Waals surface area contributed by atoms with E-state index >= 15 is 4.39 Å². The summed E-state index contributed by atoms with van der Waals surface area (Å²) in [4.78, 5) is 13.3. The molecule has 0 saturated heterocycles. The highest BCUT2D eigenvalue weighted by Gasteiger charge is 2.39. The summed E-state index contributed by atoms with van der Waals surface area (Å²) in [6.45, 7) is 4.20. The van der Waals surface area contributed by atoms with E-state index in [4.69, 9.17) is 4.74 Å². The number of phenolic OH excluding ortho intramolecular Hbond substituents is 1. The molecule has 7 heteroatoms. The second kappa shape index (κ2) is 8.73. The van der Waals surface area contributed by atoms with Crippen LogP contribution in [0.15, 0.2) is 71.9 Å². The molecule has 5 rings (SSSR count). The fraction of sp³-hybridized carbons (Fsp3) is 0.250. The first-order valence-corrected chi connectivity index (χ1v) is 11.5. The Morgan fingerprint density at radius 1 is 1.06 bits per heavy atom. The summed E-state index contributed by atoms with van der Waals surface area (Å²) in [7, 11) is 0. The molecule has 3 aromatic carbocycles. The van der Waals surface area contributed by atoms with Gasteiger partial charge in [-0.2, -0.15) is 0 Å². The van der Waals surface area contributed by atoms with Crippen molar-refractivity contribution in [3.63, 3.8) is 0 Å². The predicted molar refractivity (Wildman–Crippen MR) is 130 cm³/mol. The molecule has 1 atom stereocenters. The molecule has 1 heterocycles. The van der Waals surface area contributed by atoms with Gasteiger partial charge in [-0.15, -0.1) is 0 Å². The van der Waals surface area contributed by atoms with Crippen LogP contribution in [0.5, 0.6) is 11.5 Å². The van der Waals surface area contributed by atoms with E-state index in [1.54, 1.807) is 42.5 Å². The highest BCUT2D eigenvalue weighted by molar-refractivity contribution is 6.01. The van der Waals surface area contributed by atoms with E-state index in [0.717, 1.165) is 5.56 Å². The monoisotopic (exact) mass is 476 g/mol. The number of hydrogen-bond donors (Lipinski definition) is 3. The zero-order valence-corrected chi connectivity index (χ0v) is 19.5. The third kappa shape index (κ3) is 4.58. The number of anilines is 2. The van der Waals surface area contributed by atoms with Gasteiger partial charge in [0, 0.05) is 29.3 Å². The minimum atomic E-state index is -0.740. The van der Waals surface area contributed by atoms with Gasteiger partial charge in [-0.25, -0.2) is 8.78 Å². The molecule has 0 aromatic heterocycles. The van der Waals surface area contributed by atoms with Gasteiger partial charge in [0.1, 0.15) is 35.4 Å². The number of benzene rings is 3. The Morgan fingerprint density at radius 2 is 1.83 bits per heavy atom. The van der Waals surface area contributed by atoms with Crippen LogP contribution in [0, 0.1) is 17.0 Å². The van der Waals surface area contributed by atoms with Crippen LogP contribution in [0.1, 0.15) is 43.9 Å². The molecule has 0 spiro atoms. The fourth-order valence-corrected chi connectivity index (χ4v) is 4.76. The molecule has 1 unspecified atom stereocenters. The van der Waals surface area contributed by atoms with Crippen molar-refractivity contribution >= 4 is 17.2 Å². The molecule has 0 fully saturated rings. The van der Waals surface area contributed by atoms with Gasteiger partial charge in [-0.1, -0.05) is 32.0 Å². The lowest BCUT2D eigenvalue weighted by molar-refractivity contribution is -0.118. The van der Waals surface area contributed by atoms with Gasteiger partial charge in [0.15, 0.2) is 5.78 Å². The van der Waals surface area contributed by atoms with Crippen molar-refractivity contribution < 1.29 is 23.4 Å². The van der Waals surface area contributed by atoms with E-state index in [1.165, 1.54) is 18.2 Å². The summed E-state index contributed by atoms with van der Waals surface area (Å²) in [6, 6.07) is 14.8. The Morgan fingerprint density at radius 3 is 2.57 bits per heavy atom. The summed E-state index contributed by atoms with van der Waals surface area (Å²) < 4.78 is 34.3. The number of para-hydroxylation sites is 1. The molecule has 0 radical (unpaired) electrons. The third-order valence-corrected chi connectivity index (χ3v) is 6.43. The zero-order valence-electron chi connectivity index (χ0n) is 19.5. The van der Waals surface area contributed by atoms with Gasteiger partial charge in [0.2, 0.25) is 0 Å². The van der Waals surface area contributed by atoms with Crippen LogP contribution in [-0.2, 0) is 11.4 Å². The van der Waals surface area contributed by atoms with Crippen molar-refractivity contribution in [2.75, 3.05) is 10.6 Å². The Balaban J connectivity index is 1.50. The fourth-order valence-electron chi connectivity index (χ4n) is 4.76.